The maximum atomic E-state index is 12.9. The summed E-state index contributed by atoms with van der Waals surface area (Å²) < 4.78 is 10.4. The van der Waals surface area contributed by atoms with Crippen LogP contribution in [0, 0.1) is 11.8 Å². The molecular weight excluding hydrogens is 370 g/mol. The summed E-state index contributed by atoms with van der Waals surface area (Å²) in [5.41, 5.74) is 6.10. The maximum Gasteiger partial charge on any atom is 0.252 e. The van der Waals surface area contributed by atoms with E-state index in [0.717, 1.165) is 6.42 Å². The molecule has 3 N–H and O–H groups in total. The van der Waals surface area contributed by atoms with Gasteiger partial charge < -0.3 is 25.4 Å². The highest BCUT2D eigenvalue weighted by Crippen LogP contribution is 2.23. The van der Waals surface area contributed by atoms with Crippen LogP contribution in [0.3, 0.4) is 0 Å². The van der Waals surface area contributed by atoms with Crippen LogP contribution >= 0.6 is 12.4 Å². The van der Waals surface area contributed by atoms with Gasteiger partial charge in [-0.2, -0.15) is 0 Å². The predicted molar refractivity (Wildman–Crippen MR) is 107 cm³/mol. The summed E-state index contributed by atoms with van der Waals surface area (Å²) in [5, 5.41) is 2.87. The first-order chi connectivity index (χ1) is 12.4. The average Bonchev–Trinajstić information content (AvgIpc) is 3.13. The van der Waals surface area contributed by atoms with Crippen molar-refractivity contribution in [2.75, 3.05) is 33.9 Å². The predicted octanol–water partition coefficient (Wildman–Crippen LogP) is 1.69. The third-order valence-electron chi connectivity index (χ3n) is 4.76. The topological polar surface area (TPSA) is 93.9 Å². The van der Waals surface area contributed by atoms with E-state index in [9.17, 15) is 9.59 Å². The van der Waals surface area contributed by atoms with Crippen molar-refractivity contribution < 1.29 is 19.1 Å². The second kappa shape index (κ2) is 10.4. The number of carbonyl (C=O) groups excluding carboxylic acids is 2. The Bertz CT molecular complexity index is 632. The molecule has 1 fully saturated rings. The number of nitrogens with zero attached hydrogens (tertiary/aromatic N) is 1. The minimum Gasteiger partial charge on any atom is -0.497 e. The molecule has 0 radical (unpaired) electrons. The van der Waals surface area contributed by atoms with Crippen molar-refractivity contribution >= 4 is 24.2 Å². The van der Waals surface area contributed by atoms with Gasteiger partial charge in [0.05, 0.1) is 14.2 Å². The van der Waals surface area contributed by atoms with Crippen molar-refractivity contribution in [3.63, 3.8) is 0 Å². The van der Waals surface area contributed by atoms with Gasteiger partial charge in [0.15, 0.2) is 0 Å². The summed E-state index contributed by atoms with van der Waals surface area (Å²) in [7, 11) is 3.05. The van der Waals surface area contributed by atoms with E-state index < -0.39 is 6.04 Å². The molecule has 0 saturated carbocycles. The monoisotopic (exact) mass is 399 g/mol. The number of hydrogen-bond donors (Lipinski definition) is 2. The lowest BCUT2D eigenvalue weighted by molar-refractivity contribution is -0.133. The van der Waals surface area contributed by atoms with Crippen LogP contribution in [0.4, 0.5) is 0 Å². The van der Waals surface area contributed by atoms with Crippen LogP contribution in [0.1, 0.15) is 30.6 Å². The van der Waals surface area contributed by atoms with Crippen molar-refractivity contribution in [3.05, 3.63) is 23.8 Å². The zero-order valence-electron chi connectivity index (χ0n) is 16.4. The number of hydrogen-bond acceptors (Lipinski definition) is 5. The highest BCUT2D eigenvalue weighted by Gasteiger charge is 2.33. The minimum absolute atomic E-state index is 0. The van der Waals surface area contributed by atoms with E-state index in [0.29, 0.717) is 42.6 Å². The Morgan fingerprint density at radius 2 is 1.81 bits per heavy atom. The minimum atomic E-state index is -0.587. The Morgan fingerprint density at radius 3 is 2.26 bits per heavy atom. The molecule has 1 aliphatic rings. The van der Waals surface area contributed by atoms with Crippen LogP contribution in [-0.2, 0) is 4.79 Å². The largest absolute Gasteiger partial charge is 0.497 e. The van der Waals surface area contributed by atoms with Crippen LogP contribution < -0.4 is 20.5 Å². The highest BCUT2D eigenvalue weighted by molar-refractivity contribution is 5.98. The molecule has 2 unspecified atom stereocenters. The van der Waals surface area contributed by atoms with Gasteiger partial charge in [-0.1, -0.05) is 13.8 Å². The second-order valence-electron chi connectivity index (χ2n) is 6.97. The van der Waals surface area contributed by atoms with Gasteiger partial charge in [0.1, 0.15) is 17.5 Å². The van der Waals surface area contributed by atoms with Crippen LogP contribution in [0.5, 0.6) is 11.5 Å². The van der Waals surface area contributed by atoms with Crippen molar-refractivity contribution in [1.29, 1.82) is 0 Å². The molecule has 1 aliphatic heterocycles. The van der Waals surface area contributed by atoms with Crippen molar-refractivity contribution in [3.8, 4) is 11.5 Å². The Morgan fingerprint density at radius 1 is 1.22 bits per heavy atom. The molecule has 0 spiro atoms. The first-order valence-corrected chi connectivity index (χ1v) is 8.92. The molecule has 7 nitrogen and oxygen atoms in total. The van der Waals surface area contributed by atoms with E-state index in [2.05, 4.69) is 5.32 Å². The molecule has 0 aliphatic carbocycles. The van der Waals surface area contributed by atoms with Crippen molar-refractivity contribution in [2.45, 2.75) is 26.3 Å². The van der Waals surface area contributed by atoms with E-state index in [1.165, 1.54) is 14.2 Å². The molecule has 1 aromatic carbocycles. The van der Waals surface area contributed by atoms with Gasteiger partial charge in [0.25, 0.3) is 5.91 Å². The highest BCUT2D eigenvalue weighted by atomic mass is 35.5. The number of nitrogens with one attached hydrogen (secondary N) is 1. The molecule has 27 heavy (non-hydrogen) atoms. The molecule has 1 aromatic rings. The third-order valence-corrected chi connectivity index (χ3v) is 4.76. The van der Waals surface area contributed by atoms with Gasteiger partial charge in [-0.3, -0.25) is 9.59 Å². The van der Waals surface area contributed by atoms with Gasteiger partial charge in [0, 0.05) is 24.7 Å². The fourth-order valence-corrected chi connectivity index (χ4v) is 3.10. The zero-order chi connectivity index (χ0) is 19.3. The van der Waals surface area contributed by atoms with Crippen LogP contribution in [0.15, 0.2) is 18.2 Å². The van der Waals surface area contributed by atoms with E-state index in [-0.39, 0.29) is 30.1 Å². The van der Waals surface area contributed by atoms with Crippen LogP contribution in [0.25, 0.3) is 0 Å². The Labute approximate surface area is 167 Å². The third kappa shape index (κ3) is 5.74. The number of likely N-dealkylation sites (tertiary alicyclic amines) is 1. The number of methoxy groups -OCH3 is 2. The zero-order valence-corrected chi connectivity index (χ0v) is 17.2. The quantitative estimate of drug-likeness (QED) is 0.727. The Balaban J connectivity index is 0.00000364. The van der Waals surface area contributed by atoms with Gasteiger partial charge in [-0.25, -0.2) is 0 Å². The number of benzene rings is 1. The van der Waals surface area contributed by atoms with E-state index in [4.69, 9.17) is 15.2 Å². The molecule has 2 atom stereocenters. The summed E-state index contributed by atoms with van der Waals surface area (Å²) in [5.74, 6) is 0.962. The molecule has 0 aromatic heterocycles. The van der Waals surface area contributed by atoms with Gasteiger partial charge >= 0.3 is 0 Å². The van der Waals surface area contributed by atoms with Gasteiger partial charge in [-0.05, 0) is 36.9 Å². The Kier molecular flexibility index (Phi) is 8.85. The lowest BCUT2D eigenvalue weighted by Gasteiger charge is -2.27. The number of rotatable bonds is 7. The molecule has 1 heterocycles. The fraction of sp³-hybridized carbons (Fsp3) is 0.579. The number of halogens is 1. The molecule has 2 amide bonds. The molecule has 2 rings (SSSR count). The summed E-state index contributed by atoms with van der Waals surface area (Å²) >= 11 is 0. The summed E-state index contributed by atoms with van der Waals surface area (Å²) in [6.07, 6.45) is 0.911. The fourth-order valence-electron chi connectivity index (χ4n) is 3.10. The lowest BCUT2D eigenvalue weighted by Crippen LogP contribution is -2.50. The molecule has 0 bridgehead atoms. The smallest absolute Gasteiger partial charge is 0.252 e. The number of nitrogens with two attached hydrogens (primary N) is 1. The first-order valence-electron chi connectivity index (χ1n) is 8.92. The maximum absolute atomic E-state index is 12.9. The van der Waals surface area contributed by atoms with Crippen molar-refractivity contribution in [2.24, 2.45) is 17.6 Å². The normalized spacial score (nSPS) is 17.3. The first kappa shape index (κ1) is 23.0. The Hall–Kier alpha value is -1.99. The van der Waals surface area contributed by atoms with E-state index in [1.807, 2.05) is 13.8 Å². The summed E-state index contributed by atoms with van der Waals surface area (Å²) in [4.78, 5) is 27.4. The van der Waals surface area contributed by atoms with Gasteiger partial charge in [-0.15, -0.1) is 12.4 Å². The molecular formula is C19H30ClN3O4. The van der Waals surface area contributed by atoms with E-state index in [1.54, 1.807) is 23.1 Å². The second-order valence-corrected chi connectivity index (χ2v) is 6.97. The van der Waals surface area contributed by atoms with E-state index >= 15 is 0 Å². The average molecular weight is 400 g/mol. The lowest BCUT2D eigenvalue weighted by atomic mass is 10.0. The summed E-state index contributed by atoms with van der Waals surface area (Å²) in [6.45, 7) is 5.76. The number of carbonyl (C=O) groups is 2. The molecule has 1 saturated heterocycles. The standard InChI is InChI=1S/C19H29N3O4.ClH/c1-12(2)17(19(24)22-6-5-13(10-20)11-22)21-18(23)14-7-15(25-3)9-16(8-14)26-4;/h7-9,12-13,17H,5-6,10-11,20H2,1-4H3,(H,21,23);1H. The van der Waals surface area contributed by atoms with Crippen LogP contribution in [-0.4, -0.2) is 56.6 Å². The number of ether oxygens (including phenoxy) is 2. The van der Waals surface area contributed by atoms with Gasteiger partial charge in [0.2, 0.25) is 5.91 Å². The number of amides is 2. The van der Waals surface area contributed by atoms with Crippen LogP contribution in [0.2, 0.25) is 0 Å². The summed E-state index contributed by atoms with van der Waals surface area (Å²) in [6, 6.07) is 4.36. The molecule has 152 valence electrons. The SMILES string of the molecule is COc1cc(OC)cc(C(=O)NC(C(=O)N2CCC(CN)C2)C(C)C)c1.Cl. The molecule has 8 heteroatoms. The van der Waals surface area contributed by atoms with Crippen molar-refractivity contribution in [1.82, 2.24) is 10.2 Å².